The number of ether oxygens (including phenoxy) is 2. The topological polar surface area (TPSA) is 78.3 Å². The zero-order chi connectivity index (χ0) is 21.3. The van der Waals surface area contributed by atoms with Crippen LogP contribution < -0.4 is 10.1 Å². The Balaban J connectivity index is 1.90. The van der Waals surface area contributed by atoms with Crippen LogP contribution in [0.3, 0.4) is 0 Å². The summed E-state index contributed by atoms with van der Waals surface area (Å²) in [5.41, 5.74) is 2.57. The van der Waals surface area contributed by atoms with Gasteiger partial charge in [0.1, 0.15) is 11.8 Å². The number of rotatable bonds is 5. The van der Waals surface area contributed by atoms with E-state index in [1.807, 2.05) is 49.4 Å². The first-order valence-electron chi connectivity index (χ1n) is 9.54. The number of para-hydroxylation sites is 1. The van der Waals surface area contributed by atoms with Gasteiger partial charge in [-0.2, -0.15) is 4.98 Å². The minimum Gasteiger partial charge on any atom is -0.496 e. The van der Waals surface area contributed by atoms with E-state index >= 15 is 0 Å². The van der Waals surface area contributed by atoms with Gasteiger partial charge in [-0.3, -0.25) is 0 Å². The maximum atomic E-state index is 12.8. The molecule has 0 aliphatic carbocycles. The molecular weight excluding hydrogens is 404 g/mol. The van der Waals surface area contributed by atoms with Gasteiger partial charge in [0.15, 0.2) is 5.82 Å². The summed E-state index contributed by atoms with van der Waals surface area (Å²) >= 11 is 6.51. The number of benzene rings is 2. The molecule has 7 nitrogen and oxygen atoms in total. The Labute approximate surface area is 179 Å². The normalized spacial score (nSPS) is 15.4. The van der Waals surface area contributed by atoms with E-state index in [0.29, 0.717) is 33.8 Å². The van der Waals surface area contributed by atoms with Crippen molar-refractivity contribution < 1.29 is 14.3 Å². The van der Waals surface area contributed by atoms with Gasteiger partial charge in [0.25, 0.3) is 0 Å². The molecule has 30 heavy (non-hydrogen) atoms. The van der Waals surface area contributed by atoms with Gasteiger partial charge in [0.2, 0.25) is 5.95 Å². The van der Waals surface area contributed by atoms with Crippen LogP contribution in [0.25, 0.3) is 11.4 Å². The zero-order valence-electron chi connectivity index (χ0n) is 16.8. The van der Waals surface area contributed by atoms with Crippen LogP contribution in [-0.4, -0.2) is 34.5 Å². The maximum absolute atomic E-state index is 12.8. The van der Waals surface area contributed by atoms with Gasteiger partial charge in [-0.25, -0.2) is 9.48 Å². The van der Waals surface area contributed by atoms with Crippen LogP contribution in [0, 0.1) is 0 Å². The molecule has 8 heteroatoms. The monoisotopic (exact) mass is 424 g/mol. The van der Waals surface area contributed by atoms with E-state index in [-0.39, 0.29) is 6.61 Å². The molecule has 0 spiro atoms. The van der Waals surface area contributed by atoms with Crippen molar-refractivity contribution in [1.29, 1.82) is 0 Å². The largest absolute Gasteiger partial charge is 0.496 e. The highest BCUT2D eigenvalue weighted by molar-refractivity contribution is 6.31. The van der Waals surface area contributed by atoms with Gasteiger partial charge in [-0.15, -0.1) is 5.10 Å². The van der Waals surface area contributed by atoms with E-state index in [9.17, 15) is 4.79 Å². The smallest absolute Gasteiger partial charge is 0.338 e. The Morgan fingerprint density at radius 2 is 1.93 bits per heavy atom. The summed E-state index contributed by atoms with van der Waals surface area (Å²) in [5, 5.41) is 8.43. The summed E-state index contributed by atoms with van der Waals surface area (Å²) in [4.78, 5) is 17.5. The second-order valence-corrected chi connectivity index (χ2v) is 7.12. The molecule has 2 aromatic carbocycles. The van der Waals surface area contributed by atoms with E-state index in [2.05, 4.69) is 10.3 Å². The molecule has 0 saturated heterocycles. The van der Waals surface area contributed by atoms with Crippen LogP contribution in [0.15, 0.2) is 59.8 Å². The average Bonchev–Trinajstić information content (AvgIpc) is 3.16. The van der Waals surface area contributed by atoms with Gasteiger partial charge in [0, 0.05) is 16.3 Å². The Morgan fingerprint density at radius 1 is 1.20 bits per heavy atom. The van der Waals surface area contributed by atoms with Crippen molar-refractivity contribution in [3.05, 3.63) is 70.4 Å². The van der Waals surface area contributed by atoms with Crippen LogP contribution in [-0.2, 0) is 9.53 Å². The third-order valence-electron chi connectivity index (χ3n) is 4.90. The first kappa shape index (κ1) is 20.0. The predicted octanol–water partition coefficient (Wildman–Crippen LogP) is 4.46. The van der Waals surface area contributed by atoms with Crippen LogP contribution in [0.4, 0.5) is 5.95 Å². The average molecular weight is 425 g/mol. The molecule has 1 unspecified atom stereocenters. The highest BCUT2D eigenvalue weighted by Crippen LogP contribution is 2.40. The molecule has 1 atom stereocenters. The number of esters is 1. The van der Waals surface area contributed by atoms with Crippen LogP contribution in [0.5, 0.6) is 5.75 Å². The summed E-state index contributed by atoms with van der Waals surface area (Å²) < 4.78 is 12.5. The Morgan fingerprint density at radius 3 is 2.67 bits per heavy atom. The minimum absolute atomic E-state index is 0.265. The molecule has 0 amide bonds. The van der Waals surface area contributed by atoms with Gasteiger partial charge < -0.3 is 14.8 Å². The Kier molecular flexibility index (Phi) is 5.46. The predicted molar refractivity (Wildman–Crippen MR) is 115 cm³/mol. The second-order valence-electron chi connectivity index (χ2n) is 6.71. The van der Waals surface area contributed by atoms with E-state index in [0.717, 1.165) is 11.1 Å². The summed E-state index contributed by atoms with van der Waals surface area (Å²) in [5.74, 6) is 1.22. The third-order valence-corrected chi connectivity index (χ3v) is 5.24. The molecule has 1 aliphatic rings. The van der Waals surface area contributed by atoms with Crippen molar-refractivity contribution >= 4 is 23.5 Å². The molecule has 0 radical (unpaired) electrons. The molecule has 154 valence electrons. The Hall–Kier alpha value is -3.32. The fourth-order valence-electron chi connectivity index (χ4n) is 3.55. The highest BCUT2D eigenvalue weighted by Gasteiger charge is 2.36. The number of methoxy groups -OCH3 is 1. The number of halogens is 1. The van der Waals surface area contributed by atoms with E-state index < -0.39 is 12.0 Å². The summed E-state index contributed by atoms with van der Waals surface area (Å²) in [6.45, 7) is 3.85. The summed E-state index contributed by atoms with van der Waals surface area (Å²) in [7, 11) is 1.60. The second kappa shape index (κ2) is 8.20. The molecule has 1 N–H and O–H groups in total. The zero-order valence-corrected chi connectivity index (χ0v) is 17.6. The number of nitrogens with zero attached hydrogens (tertiary/aromatic N) is 3. The molecule has 0 fully saturated rings. The number of aromatic nitrogens is 3. The minimum atomic E-state index is -0.579. The molecule has 1 aliphatic heterocycles. The maximum Gasteiger partial charge on any atom is 0.338 e. The quantitative estimate of drug-likeness (QED) is 0.609. The van der Waals surface area contributed by atoms with Crippen LogP contribution >= 0.6 is 11.6 Å². The lowest BCUT2D eigenvalue weighted by molar-refractivity contribution is -0.139. The van der Waals surface area contributed by atoms with Crippen molar-refractivity contribution in [1.82, 2.24) is 14.8 Å². The lowest BCUT2D eigenvalue weighted by atomic mass is 9.96. The number of fused-ring (bicyclic) bond motifs is 1. The van der Waals surface area contributed by atoms with Gasteiger partial charge in [-0.1, -0.05) is 41.9 Å². The van der Waals surface area contributed by atoms with Crippen molar-refractivity contribution in [2.45, 2.75) is 19.9 Å². The van der Waals surface area contributed by atoms with Crippen LogP contribution in [0.2, 0.25) is 5.02 Å². The lowest BCUT2D eigenvalue weighted by Gasteiger charge is -2.28. The number of anilines is 1. The molecule has 2 heterocycles. The molecule has 1 aromatic heterocycles. The molecule has 0 bridgehead atoms. The van der Waals surface area contributed by atoms with Crippen molar-refractivity contribution in [3.8, 4) is 17.1 Å². The summed E-state index contributed by atoms with van der Waals surface area (Å²) in [6, 6.07) is 14.3. The van der Waals surface area contributed by atoms with Crippen molar-refractivity contribution in [2.75, 3.05) is 19.0 Å². The SMILES string of the molecule is CCOC(=O)C1=C(C)Nc2nc(-c3ccccc3OC)nn2C1c1ccccc1Cl. The third kappa shape index (κ3) is 3.41. The number of carbonyl (C=O) groups is 1. The van der Waals surface area contributed by atoms with E-state index in [1.165, 1.54) is 0 Å². The fraction of sp³-hybridized carbons (Fsp3) is 0.227. The number of hydrogen-bond acceptors (Lipinski definition) is 6. The molecule has 0 saturated carbocycles. The van der Waals surface area contributed by atoms with Gasteiger partial charge in [-0.05, 0) is 32.0 Å². The van der Waals surface area contributed by atoms with Crippen molar-refractivity contribution in [3.63, 3.8) is 0 Å². The van der Waals surface area contributed by atoms with Gasteiger partial charge in [0.05, 0.1) is 24.9 Å². The summed E-state index contributed by atoms with van der Waals surface area (Å²) in [6.07, 6.45) is 0. The van der Waals surface area contributed by atoms with Gasteiger partial charge >= 0.3 is 5.97 Å². The highest BCUT2D eigenvalue weighted by atomic mass is 35.5. The molecule has 3 aromatic rings. The fourth-order valence-corrected chi connectivity index (χ4v) is 3.79. The van der Waals surface area contributed by atoms with E-state index in [1.54, 1.807) is 24.8 Å². The number of nitrogens with one attached hydrogen (secondary N) is 1. The first-order chi connectivity index (χ1) is 14.5. The Bertz CT molecular complexity index is 1140. The van der Waals surface area contributed by atoms with Crippen LogP contribution in [0.1, 0.15) is 25.5 Å². The number of hydrogen-bond donors (Lipinski definition) is 1. The number of carbonyl (C=O) groups excluding carboxylic acids is 1. The standard InChI is InChI=1S/C22H21ClN4O3/c1-4-30-21(28)18-13(2)24-22-25-20(15-10-6-8-12-17(15)29-3)26-27(22)19(18)14-9-5-7-11-16(14)23/h5-12,19H,4H2,1-3H3,(H,24,25,26). The van der Waals surface area contributed by atoms with Crippen molar-refractivity contribution in [2.24, 2.45) is 0 Å². The first-order valence-corrected chi connectivity index (χ1v) is 9.92. The lowest BCUT2D eigenvalue weighted by Crippen LogP contribution is -2.29. The van der Waals surface area contributed by atoms with E-state index in [4.69, 9.17) is 26.2 Å². The molecule has 4 rings (SSSR count). The molecular formula is C22H21ClN4O3. The number of allylic oxidation sites excluding steroid dienone is 1.